The van der Waals surface area contributed by atoms with Gasteiger partial charge in [0.05, 0.1) is 12.7 Å². The van der Waals surface area contributed by atoms with Crippen LogP contribution in [0.3, 0.4) is 0 Å². The van der Waals surface area contributed by atoms with Crippen LogP contribution in [-0.2, 0) is 4.74 Å². The van der Waals surface area contributed by atoms with Crippen LogP contribution in [0.1, 0.15) is 24.0 Å². The zero-order chi connectivity index (χ0) is 13.1. The fraction of sp³-hybridized carbons (Fsp3) is 0.429. The fourth-order valence-electron chi connectivity index (χ4n) is 2.24. The van der Waals surface area contributed by atoms with Crippen molar-refractivity contribution in [1.82, 2.24) is 15.5 Å². The molecule has 2 heterocycles. The highest BCUT2D eigenvalue weighted by Gasteiger charge is 2.15. The van der Waals surface area contributed by atoms with E-state index in [0.717, 1.165) is 31.7 Å². The third-order valence-corrected chi connectivity index (χ3v) is 3.25. The SMILES string of the molecule is Cc1nc(-c2ccc(C3CCNCCO3)cc2)no1.Cl. The maximum atomic E-state index is 5.83. The maximum absolute atomic E-state index is 5.83. The van der Waals surface area contributed by atoms with Gasteiger partial charge in [-0.05, 0) is 18.5 Å². The van der Waals surface area contributed by atoms with Gasteiger partial charge >= 0.3 is 0 Å². The Kier molecular flexibility index (Phi) is 5.11. The number of benzene rings is 1. The van der Waals surface area contributed by atoms with E-state index in [1.165, 1.54) is 5.56 Å². The first-order valence-corrected chi connectivity index (χ1v) is 6.56. The first kappa shape index (κ1) is 15.0. The minimum absolute atomic E-state index is 0. The Morgan fingerprint density at radius 2 is 2.00 bits per heavy atom. The summed E-state index contributed by atoms with van der Waals surface area (Å²) in [5.41, 5.74) is 2.17. The van der Waals surface area contributed by atoms with Gasteiger partial charge in [0.2, 0.25) is 11.7 Å². The molecule has 1 aliphatic heterocycles. The van der Waals surface area contributed by atoms with E-state index in [-0.39, 0.29) is 18.5 Å². The molecule has 20 heavy (non-hydrogen) atoms. The number of rotatable bonds is 2. The topological polar surface area (TPSA) is 60.2 Å². The summed E-state index contributed by atoms with van der Waals surface area (Å²) in [5.74, 6) is 1.21. The first-order chi connectivity index (χ1) is 9.33. The van der Waals surface area contributed by atoms with Crippen molar-refractivity contribution < 1.29 is 9.26 Å². The first-order valence-electron chi connectivity index (χ1n) is 6.56. The van der Waals surface area contributed by atoms with E-state index in [2.05, 4.69) is 27.6 Å². The number of halogens is 1. The normalized spacial score (nSPS) is 19.1. The second-order valence-electron chi connectivity index (χ2n) is 4.66. The second-order valence-corrected chi connectivity index (χ2v) is 4.66. The monoisotopic (exact) mass is 295 g/mol. The lowest BCUT2D eigenvalue weighted by Crippen LogP contribution is -2.16. The molecule has 2 aromatic rings. The second kappa shape index (κ2) is 6.83. The third kappa shape index (κ3) is 3.36. The number of nitrogens with zero attached hydrogens (tertiary/aromatic N) is 2. The van der Waals surface area contributed by atoms with Gasteiger partial charge in [-0.15, -0.1) is 12.4 Å². The highest BCUT2D eigenvalue weighted by molar-refractivity contribution is 5.85. The molecule has 0 radical (unpaired) electrons. The van der Waals surface area contributed by atoms with Gasteiger partial charge in [-0.25, -0.2) is 0 Å². The zero-order valence-electron chi connectivity index (χ0n) is 11.3. The van der Waals surface area contributed by atoms with E-state index in [1.54, 1.807) is 6.92 Å². The van der Waals surface area contributed by atoms with E-state index in [9.17, 15) is 0 Å². The fourth-order valence-corrected chi connectivity index (χ4v) is 2.24. The Balaban J connectivity index is 0.00000147. The highest BCUT2D eigenvalue weighted by atomic mass is 35.5. The summed E-state index contributed by atoms with van der Waals surface area (Å²) in [7, 11) is 0. The molecular formula is C14H18ClN3O2. The van der Waals surface area contributed by atoms with Crippen molar-refractivity contribution in [3.05, 3.63) is 35.7 Å². The zero-order valence-corrected chi connectivity index (χ0v) is 12.2. The van der Waals surface area contributed by atoms with Gasteiger partial charge in [-0.1, -0.05) is 29.4 Å². The molecule has 1 N–H and O–H groups in total. The average Bonchev–Trinajstić information content (AvgIpc) is 2.72. The van der Waals surface area contributed by atoms with E-state index >= 15 is 0 Å². The van der Waals surface area contributed by atoms with Crippen LogP contribution >= 0.6 is 12.4 Å². The Morgan fingerprint density at radius 1 is 1.20 bits per heavy atom. The van der Waals surface area contributed by atoms with Gasteiger partial charge in [0.25, 0.3) is 0 Å². The van der Waals surface area contributed by atoms with Crippen LogP contribution in [0.4, 0.5) is 0 Å². The number of nitrogens with one attached hydrogen (secondary N) is 1. The maximum Gasteiger partial charge on any atom is 0.223 e. The summed E-state index contributed by atoms with van der Waals surface area (Å²) in [6, 6.07) is 8.19. The lowest BCUT2D eigenvalue weighted by atomic mass is 10.0. The van der Waals surface area contributed by atoms with Crippen LogP contribution in [0, 0.1) is 6.92 Å². The molecule has 5 nitrogen and oxygen atoms in total. The summed E-state index contributed by atoms with van der Waals surface area (Å²) in [6.45, 7) is 4.47. The number of ether oxygens (including phenoxy) is 1. The molecule has 0 bridgehead atoms. The third-order valence-electron chi connectivity index (χ3n) is 3.25. The lowest BCUT2D eigenvalue weighted by molar-refractivity contribution is 0.0644. The number of hydrogen-bond acceptors (Lipinski definition) is 5. The summed E-state index contributed by atoms with van der Waals surface area (Å²) in [5, 5.41) is 7.25. The van der Waals surface area contributed by atoms with Gasteiger partial charge in [0.15, 0.2) is 0 Å². The minimum atomic E-state index is 0. The molecule has 0 spiro atoms. The molecular weight excluding hydrogens is 278 g/mol. The number of aryl methyl sites for hydroxylation is 1. The van der Waals surface area contributed by atoms with Crippen LogP contribution < -0.4 is 5.32 Å². The molecule has 0 saturated carbocycles. The van der Waals surface area contributed by atoms with Crippen molar-refractivity contribution in [2.45, 2.75) is 19.4 Å². The summed E-state index contributed by atoms with van der Waals surface area (Å²) < 4.78 is 10.8. The lowest BCUT2D eigenvalue weighted by Gasteiger charge is -2.14. The van der Waals surface area contributed by atoms with Crippen molar-refractivity contribution in [3.8, 4) is 11.4 Å². The Hall–Kier alpha value is -1.43. The molecule has 1 aromatic carbocycles. The highest BCUT2D eigenvalue weighted by Crippen LogP contribution is 2.24. The molecule has 6 heteroatoms. The molecule has 1 fully saturated rings. The largest absolute Gasteiger partial charge is 0.372 e. The smallest absolute Gasteiger partial charge is 0.223 e. The van der Waals surface area contributed by atoms with Crippen LogP contribution in [-0.4, -0.2) is 29.8 Å². The predicted octanol–water partition coefficient (Wildman–Crippen LogP) is 2.52. The summed E-state index contributed by atoms with van der Waals surface area (Å²) in [4.78, 5) is 4.22. The van der Waals surface area contributed by atoms with Crippen molar-refractivity contribution in [2.75, 3.05) is 19.7 Å². The Bertz CT molecular complexity index is 534. The minimum Gasteiger partial charge on any atom is -0.372 e. The van der Waals surface area contributed by atoms with E-state index < -0.39 is 0 Å². The Morgan fingerprint density at radius 3 is 2.70 bits per heavy atom. The number of hydrogen-bond donors (Lipinski definition) is 1. The number of aromatic nitrogens is 2. The summed E-state index contributed by atoms with van der Waals surface area (Å²) >= 11 is 0. The van der Waals surface area contributed by atoms with E-state index in [0.29, 0.717) is 11.7 Å². The molecule has 1 aliphatic rings. The molecule has 0 amide bonds. The van der Waals surface area contributed by atoms with E-state index in [4.69, 9.17) is 9.26 Å². The average molecular weight is 296 g/mol. The van der Waals surface area contributed by atoms with Crippen molar-refractivity contribution >= 4 is 12.4 Å². The quantitative estimate of drug-likeness (QED) is 0.922. The standard InChI is InChI=1S/C14H17N3O2.ClH/c1-10-16-14(17-19-10)12-4-2-11(3-5-12)13-6-7-15-8-9-18-13;/h2-5,13,15H,6-9H2,1H3;1H. The van der Waals surface area contributed by atoms with Gasteiger partial charge in [0, 0.05) is 19.0 Å². The van der Waals surface area contributed by atoms with Crippen molar-refractivity contribution in [1.29, 1.82) is 0 Å². The van der Waals surface area contributed by atoms with Gasteiger partial charge in [-0.2, -0.15) is 4.98 Å². The van der Waals surface area contributed by atoms with Gasteiger partial charge < -0.3 is 14.6 Å². The van der Waals surface area contributed by atoms with Crippen molar-refractivity contribution in [2.24, 2.45) is 0 Å². The molecule has 3 rings (SSSR count). The van der Waals surface area contributed by atoms with Crippen LogP contribution in [0.5, 0.6) is 0 Å². The molecule has 1 saturated heterocycles. The molecule has 108 valence electrons. The Labute approximate surface area is 124 Å². The molecule has 1 atom stereocenters. The molecule has 0 aliphatic carbocycles. The molecule has 1 aromatic heterocycles. The molecule has 1 unspecified atom stereocenters. The van der Waals surface area contributed by atoms with Crippen molar-refractivity contribution in [3.63, 3.8) is 0 Å². The van der Waals surface area contributed by atoms with Gasteiger partial charge in [-0.3, -0.25) is 0 Å². The predicted molar refractivity (Wildman–Crippen MR) is 77.9 cm³/mol. The van der Waals surface area contributed by atoms with Gasteiger partial charge in [0.1, 0.15) is 0 Å². The summed E-state index contributed by atoms with van der Waals surface area (Å²) in [6.07, 6.45) is 1.18. The van der Waals surface area contributed by atoms with E-state index in [1.807, 2.05) is 12.1 Å². The van der Waals surface area contributed by atoms with Crippen LogP contribution in [0.25, 0.3) is 11.4 Å². The van der Waals surface area contributed by atoms with Crippen LogP contribution in [0.2, 0.25) is 0 Å². The van der Waals surface area contributed by atoms with Crippen LogP contribution in [0.15, 0.2) is 28.8 Å².